The maximum Gasteiger partial charge on any atom is 0.311 e. The first-order chi connectivity index (χ1) is 8.28. The molecule has 1 aliphatic carbocycles. The molecule has 2 bridgehead atoms. The number of rotatable bonds is 3. The van der Waals surface area contributed by atoms with Crippen molar-refractivity contribution in [1.82, 2.24) is 0 Å². The van der Waals surface area contributed by atoms with Gasteiger partial charge in [-0.1, -0.05) is 21.8 Å². The molecule has 0 N–H and O–H groups in total. The van der Waals surface area contributed by atoms with E-state index in [-0.39, 0.29) is 38.8 Å². The van der Waals surface area contributed by atoms with E-state index < -0.39 is 11.0 Å². The zero-order valence-corrected chi connectivity index (χ0v) is 11.6. The topological polar surface area (TPSA) is 52.6 Å². The third-order valence-electron chi connectivity index (χ3n) is 4.52. The first-order valence-corrected chi connectivity index (χ1v) is 6.72. The molecular formula is C16H30O4. The molecule has 20 heavy (non-hydrogen) atoms. The number of hydrogen-bond acceptors (Lipinski definition) is 4. The third kappa shape index (κ3) is 3.15. The van der Waals surface area contributed by atoms with Crippen LogP contribution in [0.2, 0.25) is 0 Å². The highest BCUT2D eigenvalue weighted by Gasteiger charge is 2.53. The smallest absolute Gasteiger partial charge is 0.311 e. The largest absolute Gasteiger partial charge is 0.458 e. The summed E-state index contributed by atoms with van der Waals surface area (Å²) in [6.07, 6.45) is 2.70. The Morgan fingerprint density at radius 2 is 2.05 bits per heavy atom. The Bertz CT molecular complexity index is 375. The lowest BCUT2D eigenvalue weighted by molar-refractivity contribution is -0.221. The summed E-state index contributed by atoms with van der Waals surface area (Å²) in [5.74, 6) is -0.417. The Morgan fingerprint density at radius 3 is 2.50 bits per heavy atom. The van der Waals surface area contributed by atoms with Crippen LogP contribution in [0.1, 0.15) is 68.2 Å². The third-order valence-corrected chi connectivity index (χ3v) is 4.52. The molecule has 1 saturated carbocycles. The van der Waals surface area contributed by atoms with Crippen LogP contribution in [0.25, 0.3) is 0 Å². The van der Waals surface area contributed by atoms with Gasteiger partial charge in [-0.15, -0.1) is 0 Å². The highest BCUT2D eigenvalue weighted by atomic mass is 16.6. The van der Waals surface area contributed by atoms with E-state index in [9.17, 15) is 9.59 Å². The number of ether oxygens (including phenoxy) is 2. The quantitative estimate of drug-likeness (QED) is 0.742. The number of esters is 2. The lowest BCUT2D eigenvalue weighted by atomic mass is 9.74. The minimum atomic E-state index is -0.620. The fourth-order valence-electron chi connectivity index (χ4n) is 2.50. The Kier molecular flexibility index (Phi) is 5.82. The van der Waals surface area contributed by atoms with Crippen molar-refractivity contribution in [3.8, 4) is 0 Å². The van der Waals surface area contributed by atoms with Crippen LogP contribution >= 0.6 is 0 Å². The molecular weight excluding hydrogens is 256 g/mol. The predicted octanol–water partition coefficient (Wildman–Crippen LogP) is 3.72. The fraction of sp³-hybridized carbons (Fsp3) is 0.875. The van der Waals surface area contributed by atoms with Gasteiger partial charge in [0.05, 0.1) is 11.3 Å². The fourth-order valence-corrected chi connectivity index (χ4v) is 2.50. The maximum atomic E-state index is 12.1. The van der Waals surface area contributed by atoms with Gasteiger partial charge in [-0.3, -0.25) is 9.59 Å². The van der Waals surface area contributed by atoms with E-state index in [0.29, 0.717) is 6.42 Å². The summed E-state index contributed by atoms with van der Waals surface area (Å²) in [5, 5.41) is 0. The molecule has 0 spiro atoms. The van der Waals surface area contributed by atoms with E-state index >= 15 is 0 Å². The molecule has 0 amide bonds. The Labute approximate surface area is 123 Å². The van der Waals surface area contributed by atoms with E-state index in [1.165, 1.54) is 0 Å². The van der Waals surface area contributed by atoms with E-state index in [1.807, 2.05) is 27.7 Å². The molecule has 0 aromatic carbocycles. The summed E-state index contributed by atoms with van der Waals surface area (Å²) in [6, 6.07) is 0. The van der Waals surface area contributed by atoms with Crippen molar-refractivity contribution >= 4 is 11.9 Å². The van der Waals surface area contributed by atoms with Crippen LogP contribution in [0.5, 0.6) is 0 Å². The second kappa shape index (κ2) is 6.15. The van der Waals surface area contributed by atoms with Crippen molar-refractivity contribution in [2.45, 2.75) is 79.9 Å². The van der Waals surface area contributed by atoms with Crippen molar-refractivity contribution in [1.29, 1.82) is 0 Å². The molecule has 3 atom stereocenters. The number of hydrogen-bond donors (Lipinski definition) is 0. The molecule has 2 heterocycles. The summed E-state index contributed by atoms with van der Waals surface area (Å²) in [6.45, 7) is 7.60. The van der Waals surface area contributed by atoms with Crippen molar-refractivity contribution < 1.29 is 19.1 Å². The second-order valence-corrected chi connectivity index (χ2v) is 6.34. The molecule has 2 saturated heterocycles. The van der Waals surface area contributed by atoms with Crippen LogP contribution in [0.15, 0.2) is 0 Å². The van der Waals surface area contributed by atoms with Gasteiger partial charge in [-0.05, 0) is 40.0 Å². The molecule has 2 aliphatic heterocycles. The highest BCUT2D eigenvalue weighted by Crippen LogP contribution is 2.43. The first-order valence-electron chi connectivity index (χ1n) is 6.72. The van der Waals surface area contributed by atoms with Gasteiger partial charge in [0.15, 0.2) is 0 Å². The van der Waals surface area contributed by atoms with Gasteiger partial charge in [0.25, 0.3) is 0 Å². The van der Waals surface area contributed by atoms with Crippen molar-refractivity contribution in [2.75, 3.05) is 0 Å². The van der Waals surface area contributed by atoms with Crippen molar-refractivity contribution in [2.24, 2.45) is 11.3 Å². The van der Waals surface area contributed by atoms with Crippen LogP contribution in [-0.2, 0) is 19.1 Å². The Balaban J connectivity index is 0.00000180. The minimum absolute atomic E-state index is 0. The van der Waals surface area contributed by atoms with E-state index in [1.54, 1.807) is 0 Å². The summed E-state index contributed by atoms with van der Waals surface area (Å²) in [4.78, 5) is 23.7. The second-order valence-electron chi connectivity index (χ2n) is 6.34. The molecule has 4 heteroatoms. The van der Waals surface area contributed by atoms with Crippen molar-refractivity contribution in [3.63, 3.8) is 0 Å². The molecule has 0 radical (unpaired) electrons. The van der Waals surface area contributed by atoms with Gasteiger partial charge in [0.1, 0.15) is 11.7 Å². The SMILES string of the molecule is C.C.CCC(C)(C)C(=O)OC1CC2CCC1(C)OC2=O. The summed E-state index contributed by atoms with van der Waals surface area (Å²) in [5.41, 5.74) is -1.09. The molecule has 4 nitrogen and oxygen atoms in total. The molecule has 3 unspecified atom stereocenters. The van der Waals surface area contributed by atoms with Gasteiger partial charge in [-0.2, -0.15) is 0 Å². The average Bonchev–Trinajstić information content (AvgIpc) is 2.30. The van der Waals surface area contributed by atoms with Gasteiger partial charge >= 0.3 is 11.9 Å². The van der Waals surface area contributed by atoms with E-state index in [4.69, 9.17) is 9.47 Å². The summed E-state index contributed by atoms with van der Waals surface area (Å²) >= 11 is 0. The van der Waals surface area contributed by atoms with Crippen LogP contribution in [0.4, 0.5) is 0 Å². The van der Waals surface area contributed by atoms with Gasteiger partial charge in [-0.25, -0.2) is 0 Å². The van der Waals surface area contributed by atoms with Gasteiger partial charge in [0.2, 0.25) is 0 Å². The van der Waals surface area contributed by atoms with Crippen LogP contribution in [0.3, 0.4) is 0 Å². The molecule has 118 valence electrons. The van der Waals surface area contributed by atoms with Crippen LogP contribution < -0.4 is 0 Å². The highest BCUT2D eigenvalue weighted by molar-refractivity contribution is 5.77. The standard InChI is InChI=1S/C14H22O4.2CH4/c1-5-13(2,3)12(16)17-10-8-9-6-7-14(10,4)18-11(9)15;;/h9-10H,5-8H2,1-4H3;2*1H4. The maximum absolute atomic E-state index is 12.1. The first kappa shape index (κ1) is 18.9. The molecule has 0 aromatic heterocycles. The minimum Gasteiger partial charge on any atom is -0.458 e. The Hall–Kier alpha value is -1.06. The van der Waals surface area contributed by atoms with Crippen LogP contribution in [-0.4, -0.2) is 23.6 Å². The normalized spacial score (nSPS) is 31.7. The lowest BCUT2D eigenvalue weighted by Crippen LogP contribution is -2.57. The van der Waals surface area contributed by atoms with Crippen molar-refractivity contribution in [3.05, 3.63) is 0 Å². The predicted molar refractivity (Wildman–Crippen MR) is 79.3 cm³/mol. The summed E-state index contributed by atoms with van der Waals surface area (Å²) < 4.78 is 11.0. The Morgan fingerprint density at radius 1 is 1.45 bits per heavy atom. The monoisotopic (exact) mass is 286 g/mol. The lowest BCUT2D eigenvalue weighted by Gasteiger charge is -2.48. The summed E-state index contributed by atoms with van der Waals surface area (Å²) in [7, 11) is 0. The zero-order valence-electron chi connectivity index (χ0n) is 11.6. The average molecular weight is 286 g/mol. The van der Waals surface area contributed by atoms with Crippen LogP contribution in [0, 0.1) is 11.3 Å². The number of carbonyl (C=O) groups is 2. The number of fused-ring (bicyclic) bond motifs is 3. The number of carbonyl (C=O) groups excluding carboxylic acids is 2. The molecule has 3 fully saturated rings. The van der Waals surface area contributed by atoms with Gasteiger partial charge < -0.3 is 9.47 Å². The van der Waals surface area contributed by atoms with Gasteiger partial charge in [0, 0.05) is 6.42 Å². The van der Waals surface area contributed by atoms with E-state index in [2.05, 4.69) is 0 Å². The molecule has 3 rings (SSSR count). The molecule has 0 aromatic rings. The molecule has 3 aliphatic rings. The van der Waals surface area contributed by atoms with E-state index in [0.717, 1.165) is 19.3 Å². The zero-order chi connectivity index (χ0) is 13.6.